The maximum Gasteiger partial charge on any atom is 0.340 e. The number of amides is 1. The van der Waals surface area contributed by atoms with Crippen LogP contribution < -0.4 is 5.32 Å². The number of rotatable bonds is 6. The smallest absolute Gasteiger partial charge is 0.340 e. The summed E-state index contributed by atoms with van der Waals surface area (Å²) < 4.78 is 5.16. The first-order valence-corrected chi connectivity index (χ1v) is 6.34. The molecule has 0 aliphatic carbocycles. The minimum atomic E-state index is -0.422. The first kappa shape index (κ1) is 15.0. The molecule has 0 saturated heterocycles. The van der Waals surface area contributed by atoms with Crippen molar-refractivity contribution < 1.29 is 14.3 Å². The Morgan fingerprint density at radius 1 is 1.26 bits per heavy atom. The first-order chi connectivity index (χ1) is 9.15. The SMILES string of the molecule is CC/C=C/CCOC(=O)c1ccccc1NC(C)=O. The molecule has 0 bridgehead atoms. The number of esters is 1. The molecule has 102 valence electrons. The molecule has 0 fully saturated rings. The maximum atomic E-state index is 11.9. The summed E-state index contributed by atoms with van der Waals surface area (Å²) in [6.45, 7) is 3.79. The van der Waals surface area contributed by atoms with Crippen molar-refractivity contribution in [3.63, 3.8) is 0 Å². The average molecular weight is 261 g/mol. The lowest BCUT2D eigenvalue weighted by Gasteiger charge is -2.09. The molecule has 0 radical (unpaired) electrons. The lowest BCUT2D eigenvalue weighted by Crippen LogP contribution is -2.13. The number of nitrogens with one attached hydrogen (secondary N) is 1. The van der Waals surface area contributed by atoms with Crippen molar-refractivity contribution >= 4 is 17.6 Å². The Morgan fingerprint density at radius 3 is 2.68 bits per heavy atom. The van der Waals surface area contributed by atoms with Crippen LogP contribution in [0.2, 0.25) is 0 Å². The summed E-state index contributed by atoms with van der Waals surface area (Å²) in [4.78, 5) is 22.9. The number of hydrogen-bond donors (Lipinski definition) is 1. The van der Waals surface area contributed by atoms with Crippen LogP contribution in [0.1, 0.15) is 37.0 Å². The molecule has 0 unspecified atom stereocenters. The normalized spacial score (nSPS) is 10.4. The maximum absolute atomic E-state index is 11.9. The van der Waals surface area contributed by atoms with Gasteiger partial charge in [-0.05, 0) is 25.0 Å². The Balaban J connectivity index is 2.61. The minimum Gasteiger partial charge on any atom is -0.462 e. The number of carbonyl (C=O) groups excluding carboxylic acids is 2. The summed E-state index contributed by atoms with van der Waals surface area (Å²) in [5.74, 6) is -0.639. The molecule has 1 amide bonds. The summed E-state index contributed by atoms with van der Waals surface area (Å²) in [7, 11) is 0. The van der Waals surface area contributed by atoms with Crippen LogP contribution in [0.25, 0.3) is 0 Å². The molecule has 0 saturated carbocycles. The second kappa shape index (κ2) is 8.08. The van der Waals surface area contributed by atoms with E-state index in [4.69, 9.17) is 4.74 Å². The van der Waals surface area contributed by atoms with Gasteiger partial charge in [-0.15, -0.1) is 0 Å². The molecule has 19 heavy (non-hydrogen) atoms. The third-order valence-electron chi connectivity index (χ3n) is 2.38. The van der Waals surface area contributed by atoms with Crippen molar-refractivity contribution in [1.82, 2.24) is 0 Å². The number of para-hydroxylation sites is 1. The van der Waals surface area contributed by atoms with Gasteiger partial charge in [-0.2, -0.15) is 0 Å². The molecule has 0 aliphatic rings. The van der Waals surface area contributed by atoms with E-state index < -0.39 is 5.97 Å². The van der Waals surface area contributed by atoms with Gasteiger partial charge in [0.2, 0.25) is 5.91 Å². The van der Waals surface area contributed by atoms with Crippen LogP contribution in [0.5, 0.6) is 0 Å². The van der Waals surface area contributed by atoms with Gasteiger partial charge < -0.3 is 10.1 Å². The highest BCUT2D eigenvalue weighted by Gasteiger charge is 2.12. The molecule has 1 aromatic rings. The van der Waals surface area contributed by atoms with Crippen LogP contribution >= 0.6 is 0 Å². The minimum absolute atomic E-state index is 0.217. The van der Waals surface area contributed by atoms with E-state index in [0.717, 1.165) is 6.42 Å². The summed E-state index contributed by atoms with van der Waals surface area (Å²) in [6, 6.07) is 6.80. The zero-order valence-electron chi connectivity index (χ0n) is 11.3. The van der Waals surface area contributed by atoms with Crippen LogP contribution in [-0.2, 0) is 9.53 Å². The third-order valence-corrected chi connectivity index (χ3v) is 2.38. The number of hydrogen-bond acceptors (Lipinski definition) is 3. The quantitative estimate of drug-likeness (QED) is 0.486. The Morgan fingerprint density at radius 2 is 2.00 bits per heavy atom. The molecule has 0 aromatic heterocycles. The van der Waals surface area contributed by atoms with Crippen LogP contribution in [0.15, 0.2) is 36.4 Å². The summed E-state index contributed by atoms with van der Waals surface area (Å²) in [5.41, 5.74) is 0.848. The number of benzene rings is 1. The second-order valence-electron chi connectivity index (χ2n) is 4.03. The molecular weight excluding hydrogens is 242 g/mol. The zero-order chi connectivity index (χ0) is 14.1. The van der Waals surface area contributed by atoms with E-state index in [1.165, 1.54) is 6.92 Å². The molecule has 0 aliphatic heterocycles. The lowest BCUT2D eigenvalue weighted by molar-refractivity contribution is -0.114. The van der Waals surface area contributed by atoms with Crippen molar-refractivity contribution in [2.45, 2.75) is 26.7 Å². The van der Waals surface area contributed by atoms with E-state index in [-0.39, 0.29) is 5.91 Å². The van der Waals surface area contributed by atoms with Crippen molar-refractivity contribution in [3.8, 4) is 0 Å². The molecule has 1 rings (SSSR count). The number of allylic oxidation sites excluding steroid dienone is 1. The number of anilines is 1. The third kappa shape index (κ3) is 5.38. The van der Waals surface area contributed by atoms with Crippen molar-refractivity contribution in [2.24, 2.45) is 0 Å². The van der Waals surface area contributed by atoms with Crippen LogP contribution in [-0.4, -0.2) is 18.5 Å². The fourth-order valence-electron chi connectivity index (χ4n) is 1.54. The summed E-state index contributed by atoms with van der Waals surface area (Å²) >= 11 is 0. The van der Waals surface area contributed by atoms with E-state index in [2.05, 4.69) is 5.32 Å². The zero-order valence-corrected chi connectivity index (χ0v) is 11.3. The van der Waals surface area contributed by atoms with Crippen LogP contribution in [0.3, 0.4) is 0 Å². The van der Waals surface area contributed by atoms with E-state index in [1.807, 2.05) is 19.1 Å². The fourth-order valence-corrected chi connectivity index (χ4v) is 1.54. The monoisotopic (exact) mass is 261 g/mol. The van der Waals surface area contributed by atoms with Gasteiger partial charge in [0.05, 0.1) is 17.9 Å². The van der Waals surface area contributed by atoms with E-state index >= 15 is 0 Å². The van der Waals surface area contributed by atoms with E-state index in [9.17, 15) is 9.59 Å². The van der Waals surface area contributed by atoms with Gasteiger partial charge in [-0.25, -0.2) is 4.79 Å². The second-order valence-corrected chi connectivity index (χ2v) is 4.03. The highest BCUT2D eigenvalue weighted by molar-refractivity contribution is 6.00. The van der Waals surface area contributed by atoms with Gasteiger partial charge in [0, 0.05) is 6.92 Å². The van der Waals surface area contributed by atoms with Crippen LogP contribution in [0, 0.1) is 0 Å². The summed E-state index contributed by atoms with van der Waals surface area (Å²) in [5, 5.41) is 2.61. The Hall–Kier alpha value is -2.10. The molecule has 0 heterocycles. The highest BCUT2D eigenvalue weighted by atomic mass is 16.5. The Kier molecular flexibility index (Phi) is 6.36. The van der Waals surface area contributed by atoms with Crippen LogP contribution in [0.4, 0.5) is 5.69 Å². The van der Waals surface area contributed by atoms with E-state index in [0.29, 0.717) is 24.3 Å². The standard InChI is InChI=1S/C15H19NO3/c1-3-4-5-8-11-19-15(18)13-9-6-7-10-14(13)16-12(2)17/h4-7,9-10H,3,8,11H2,1-2H3,(H,16,17)/b5-4+. The van der Waals surface area contributed by atoms with Gasteiger partial charge in [-0.1, -0.05) is 31.2 Å². The number of carbonyl (C=O) groups is 2. The van der Waals surface area contributed by atoms with Gasteiger partial charge in [0.15, 0.2) is 0 Å². The van der Waals surface area contributed by atoms with Crippen molar-refractivity contribution in [2.75, 3.05) is 11.9 Å². The van der Waals surface area contributed by atoms with Gasteiger partial charge in [0.25, 0.3) is 0 Å². The lowest BCUT2D eigenvalue weighted by atomic mass is 10.2. The average Bonchev–Trinajstić information content (AvgIpc) is 2.38. The predicted molar refractivity (Wildman–Crippen MR) is 75.1 cm³/mol. The van der Waals surface area contributed by atoms with Gasteiger partial charge >= 0.3 is 5.97 Å². The number of ether oxygens (including phenoxy) is 1. The molecule has 1 N–H and O–H groups in total. The van der Waals surface area contributed by atoms with Gasteiger partial charge in [0.1, 0.15) is 0 Å². The highest BCUT2D eigenvalue weighted by Crippen LogP contribution is 2.16. The topological polar surface area (TPSA) is 55.4 Å². The predicted octanol–water partition coefficient (Wildman–Crippen LogP) is 3.16. The molecule has 4 nitrogen and oxygen atoms in total. The summed E-state index contributed by atoms with van der Waals surface area (Å²) in [6.07, 6.45) is 5.67. The molecule has 4 heteroatoms. The molecule has 0 spiro atoms. The molecule has 1 aromatic carbocycles. The van der Waals surface area contributed by atoms with Crippen molar-refractivity contribution in [3.05, 3.63) is 42.0 Å². The first-order valence-electron chi connectivity index (χ1n) is 6.34. The van der Waals surface area contributed by atoms with E-state index in [1.54, 1.807) is 24.3 Å². The largest absolute Gasteiger partial charge is 0.462 e. The Labute approximate surface area is 113 Å². The molecule has 0 atom stereocenters. The van der Waals surface area contributed by atoms with Crippen molar-refractivity contribution in [1.29, 1.82) is 0 Å². The molecular formula is C15H19NO3. The van der Waals surface area contributed by atoms with Gasteiger partial charge in [-0.3, -0.25) is 4.79 Å². The fraction of sp³-hybridized carbons (Fsp3) is 0.333. The Bertz CT molecular complexity index is 466.